The van der Waals surface area contributed by atoms with E-state index in [9.17, 15) is 0 Å². The van der Waals surface area contributed by atoms with Crippen LogP contribution in [0.4, 0.5) is 0 Å². The Balaban J connectivity index is 2.53. The standard InChI is InChI=1S/C12H16BrN/c1-8-5-10(13)6-9(2)11(8)12(7-14)3-4-12/h5-6H,3-4,7,14H2,1-2H3. The van der Waals surface area contributed by atoms with Gasteiger partial charge in [0.15, 0.2) is 0 Å². The van der Waals surface area contributed by atoms with Crippen molar-refractivity contribution in [1.29, 1.82) is 0 Å². The molecule has 76 valence electrons. The number of rotatable bonds is 2. The highest BCUT2D eigenvalue weighted by atomic mass is 79.9. The molecule has 1 aromatic rings. The fourth-order valence-electron chi connectivity index (χ4n) is 2.45. The van der Waals surface area contributed by atoms with Gasteiger partial charge in [0.05, 0.1) is 0 Å². The molecule has 0 amide bonds. The van der Waals surface area contributed by atoms with Crippen LogP contribution in [0.25, 0.3) is 0 Å². The molecule has 1 aliphatic rings. The maximum absolute atomic E-state index is 5.86. The van der Waals surface area contributed by atoms with Gasteiger partial charge in [-0.1, -0.05) is 15.9 Å². The second-order valence-electron chi connectivity index (χ2n) is 4.40. The van der Waals surface area contributed by atoms with Gasteiger partial charge >= 0.3 is 0 Å². The van der Waals surface area contributed by atoms with E-state index in [0.717, 1.165) is 6.54 Å². The van der Waals surface area contributed by atoms with Crippen molar-refractivity contribution in [1.82, 2.24) is 0 Å². The Morgan fingerprint density at radius 1 is 1.29 bits per heavy atom. The Morgan fingerprint density at radius 3 is 2.14 bits per heavy atom. The van der Waals surface area contributed by atoms with E-state index in [1.54, 1.807) is 0 Å². The lowest BCUT2D eigenvalue weighted by Gasteiger charge is -2.19. The molecule has 1 aliphatic carbocycles. The van der Waals surface area contributed by atoms with Gasteiger partial charge in [-0.2, -0.15) is 0 Å². The molecule has 0 atom stereocenters. The Kier molecular flexibility index (Phi) is 2.44. The van der Waals surface area contributed by atoms with Crippen LogP contribution in [0.3, 0.4) is 0 Å². The van der Waals surface area contributed by atoms with E-state index in [2.05, 4.69) is 41.9 Å². The fourth-order valence-corrected chi connectivity index (χ4v) is 3.14. The molecule has 0 bridgehead atoms. The summed E-state index contributed by atoms with van der Waals surface area (Å²) < 4.78 is 1.17. The van der Waals surface area contributed by atoms with Crippen LogP contribution in [-0.4, -0.2) is 6.54 Å². The molecular formula is C12H16BrN. The van der Waals surface area contributed by atoms with Crippen LogP contribution in [0, 0.1) is 13.8 Å². The lowest BCUT2D eigenvalue weighted by molar-refractivity contribution is 0.693. The van der Waals surface area contributed by atoms with Gasteiger partial charge in [-0.3, -0.25) is 0 Å². The molecule has 2 rings (SSSR count). The minimum atomic E-state index is 0.314. The minimum Gasteiger partial charge on any atom is -0.330 e. The molecule has 1 saturated carbocycles. The molecule has 1 nitrogen and oxygen atoms in total. The van der Waals surface area contributed by atoms with Crippen LogP contribution in [0.1, 0.15) is 29.5 Å². The summed E-state index contributed by atoms with van der Waals surface area (Å²) in [6.07, 6.45) is 2.51. The molecule has 0 aromatic heterocycles. The summed E-state index contributed by atoms with van der Waals surface area (Å²) in [5, 5.41) is 0. The van der Waals surface area contributed by atoms with Crippen molar-refractivity contribution in [3.63, 3.8) is 0 Å². The predicted octanol–water partition coefficient (Wildman–Crippen LogP) is 3.06. The van der Waals surface area contributed by atoms with E-state index in [4.69, 9.17) is 5.73 Å². The quantitative estimate of drug-likeness (QED) is 0.862. The van der Waals surface area contributed by atoms with Gasteiger partial charge in [-0.15, -0.1) is 0 Å². The molecule has 2 heteroatoms. The number of halogens is 1. The average Bonchev–Trinajstić information content (AvgIpc) is 2.83. The first-order valence-corrected chi connectivity index (χ1v) is 5.86. The van der Waals surface area contributed by atoms with Crippen LogP contribution in [0.2, 0.25) is 0 Å². The van der Waals surface area contributed by atoms with Crippen LogP contribution >= 0.6 is 15.9 Å². The first kappa shape index (κ1) is 10.2. The van der Waals surface area contributed by atoms with Crippen LogP contribution < -0.4 is 5.73 Å². The second-order valence-corrected chi connectivity index (χ2v) is 5.31. The van der Waals surface area contributed by atoms with Gasteiger partial charge in [0, 0.05) is 16.4 Å². The van der Waals surface area contributed by atoms with Gasteiger partial charge in [-0.05, 0) is 55.5 Å². The summed E-state index contributed by atoms with van der Waals surface area (Å²) >= 11 is 3.52. The third-order valence-corrected chi connectivity index (χ3v) is 3.73. The molecule has 0 saturated heterocycles. The van der Waals surface area contributed by atoms with Crippen molar-refractivity contribution in [3.05, 3.63) is 33.3 Å². The highest BCUT2D eigenvalue weighted by Gasteiger charge is 2.44. The van der Waals surface area contributed by atoms with Crippen LogP contribution in [-0.2, 0) is 5.41 Å². The van der Waals surface area contributed by atoms with E-state index in [1.807, 2.05) is 0 Å². The van der Waals surface area contributed by atoms with Crippen molar-refractivity contribution in [3.8, 4) is 0 Å². The summed E-state index contributed by atoms with van der Waals surface area (Å²) in [6, 6.07) is 4.39. The number of benzene rings is 1. The van der Waals surface area contributed by atoms with E-state index >= 15 is 0 Å². The molecule has 0 unspecified atom stereocenters. The predicted molar refractivity (Wildman–Crippen MR) is 63.6 cm³/mol. The van der Waals surface area contributed by atoms with E-state index in [0.29, 0.717) is 5.41 Å². The molecule has 0 heterocycles. The maximum atomic E-state index is 5.86. The lowest BCUT2D eigenvalue weighted by atomic mass is 9.88. The van der Waals surface area contributed by atoms with Crippen LogP contribution in [0.15, 0.2) is 16.6 Å². The molecule has 2 N–H and O–H groups in total. The number of nitrogens with two attached hydrogens (primary N) is 1. The summed E-state index contributed by atoms with van der Waals surface area (Å²) in [6.45, 7) is 5.15. The topological polar surface area (TPSA) is 26.0 Å². The number of aryl methyl sites for hydroxylation is 2. The molecule has 1 fully saturated rings. The zero-order chi connectivity index (χ0) is 10.3. The SMILES string of the molecule is Cc1cc(Br)cc(C)c1C1(CN)CC1. The molecule has 14 heavy (non-hydrogen) atoms. The molecule has 0 spiro atoms. The van der Waals surface area contributed by atoms with Crippen LogP contribution in [0.5, 0.6) is 0 Å². The molecule has 0 radical (unpaired) electrons. The lowest BCUT2D eigenvalue weighted by Crippen LogP contribution is -2.21. The van der Waals surface area contributed by atoms with Gasteiger partial charge < -0.3 is 5.73 Å². The van der Waals surface area contributed by atoms with Crippen molar-refractivity contribution in [2.75, 3.05) is 6.54 Å². The van der Waals surface area contributed by atoms with Crippen molar-refractivity contribution < 1.29 is 0 Å². The van der Waals surface area contributed by atoms with Gasteiger partial charge in [0.1, 0.15) is 0 Å². The monoisotopic (exact) mass is 253 g/mol. The normalized spacial score (nSPS) is 18.3. The largest absolute Gasteiger partial charge is 0.330 e. The Morgan fingerprint density at radius 2 is 1.79 bits per heavy atom. The zero-order valence-electron chi connectivity index (χ0n) is 8.73. The van der Waals surface area contributed by atoms with Crippen molar-refractivity contribution in [2.24, 2.45) is 5.73 Å². The van der Waals surface area contributed by atoms with Crippen molar-refractivity contribution >= 4 is 15.9 Å². The Bertz CT molecular complexity index is 344. The first-order valence-electron chi connectivity index (χ1n) is 5.06. The highest BCUT2D eigenvalue weighted by molar-refractivity contribution is 9.10. The smallest absolute Gasteiger partial charge is 0.0180 e. The maximum Gasteiger partial charge on any atom is 0.0180 e. The third-order valence-electron chi connectivity index (χ3n) is 3.27. The summed E-state index contributed by atoms with van der Waals surface area (Å²) in [7, 11) is 0. The summed E-state index contributed by atoms with van der Waals surface area (Å²) in [4.78, 5) is 0. The number of hydrogen-bond acceptors (Lipinski definition) is 1. The van der Waals surface area contributed by atoms with E-state index in [-0.39, 0.29) is 0 Å². The first-order chi connectivity index (χ1) is 6.59. The molecule has 0 aliphatic heterocycles. The van der Waals surface area contributed by atoms with E-state index < -0.39 is 0 Å². The Hall–Kier alpha value is -0.340. The second kappa shape index (κ2) is 3.35. The minimum absolute atomic E-state index is 0.314. The number of hydrogen-bond donors (Lipinski definition) is 1. The van der Waals surface area contributed by atoms with Gasteiger partial charge in [0.25, 0.3) is 0 Å². The Labute approximate surface area is 93.8 Å². The fraction of sp³-hybridized carbons (Fsp3) is 0.500. The highest BCUT2D eigenvalue weighted by Crippen LogP contribution is 2.49. The van der Waals surface area contributed by atoms with Gasteiger partial charge in [0.2, 0.25) is 0 Å². The molecular weight excluding hydrogens is 238 g/mol. The third kappa shape index (κ3) is 1.51. The molecule has 1 aromatic carbocycles. The summed E-state index contributed by atoms with van der Waals surface area (Å²) in [5.41, 5.74) is 10.4. The summed E-state index contributed by atoms with van der Waals surface area (Å²) in [5.74, 6) is 0. The average molecular weight is 254 g/mol. The van der Waals surface area contributed by atoms with Crippen molar-refractivity contribution in [2.45, 2.75) is 32.1 Å². The zero-order valence-corrected chi connectivity index (χ0v) is 10.3. The van der Waals surface area contributed by atoms with Gasteiger partial charge in [-0.25, -0.2) is 0 Å². The van der Waals surface area contributed by atoms with E-state index in [1.165, 1.54) is 34.0 Å².